The van der Waals surface area contributed by atoms with Gasteiger partial charge in [0.15, 0.2) is 6.23 Å². The van der Waals surface area contributed by atoms with E-state index in [1.807, 2.05) is 4.98 Å². The average molecular weight is 469 g/mol. The van der Waals surface area contributed by atoms with Gasteiger partial charge in [-0.05, 0) is 6.92 Å². The van der Waals surface area contributed by atoms with Gasteiger partial charge in [-0.3, -0.25) is 18.9 Å². The maximum absolute atomic E-state index is 11.7. The van der Waals surface area contributed by atoms with Crippen molar-refractivity contribution in [3.8, 4) is 0 Å². The first-order valence-corrected chi connectivity index (χ1v) is 11.6. The van der Waals surface area contributed by atoms with Crippen molar-refractivity contribution >= 4 is 23.5 Å². The monoisotopic (exact) mass is 469 g/mol. The van der Waals surface area contributed by atoms with Crippen molar-refractivity contribution in [2.45, 2.75) is 19.3 Å². The topological polar surface area (TPSA) is 250 Å². The zero-order valence-corrected chi connectivity index (χ0v) is 16.7. The molecule has 162 valence electrons. The van der Waals surface area contributed by atoms with Gasteiger partial charge >= 0.3 is 29.2 Å². The summed E-state index contributed by atoms with van der Waals surface area (Å²) in [4.78, 5) is 60.0. The Balaban J connectivity index is 2.71. The molecule has 0 saturated heterocycles. The fraction of sp³-hybridized carbons (Fsp3) is 0.556. The van der Waals surface area contributed by atoms with Crippen LogP contribution in [0.2, 0.25) is 0 Å². The molecule has 1 heterocycles. The lowest BCUT2D eigenvalue weighted by atomic mass is 10.4. The van der Waals surface area contributed by atoms with E-state index in [9.17, 15) is 28.2 Å². The quantitative estimate of drug-likeness (QED) is 0.207. The molecule has 0 aliphatic heterocycles. The molecule has 0 aliphatic rings. The number of hydrogen-bond donors (Lipinski definition) is 6. The minimum Gasteiger partial charge on any atom is -0.351 e. The van der Waals surface area contributed by atoms with Gasteiger partial charge in [0.25, 0.3) is 5.56 Å². The van der Waals surface area contributed by atoms with Gasteiger partial charge < -0.3 is 30.0 Å². The van der Waals surface area contributed by atoms with Crippen molar-refractivity contribution < 1.29 is 51.2 Å². The summed E-state index contributed by atoms with van der Waals surface area (Å²) in [6.45, 7) is 0.327. The first-order valence-electron chi connectivity index (χ1n) is 7.09. The Labute approximate surface area is 156 Å². The summed E-state index contributed by atoms with van der Waals surface area (Å²) in [6, 6.07) is 1.03. The van der Waals surface area contributed by atoms with E-state index in [1.54, 1.807) is 0 Å². The standard InChI is InChI=1S/C9H18N3O13P3/c1-6(23-8(4-10)12-3-2-7(13)11-9(12)14)5-22-27(18,19)25-28(20,21)24-26(15,16)17/h2-3,6,8H,4-5,10H2,1H3,(H,18,19)(H,20,21)(H,11,13,14)(H2,15,16,17)/t6?,8-/m1/s1. The number of H-pyrrole nitrogens is 1. The minimum absolute atomic E-state index is 0.245. The molecule has 0 aliphatic carbocycles. The molecule has 19 heteroatoms. The van der Waals surface area contributed by atoms with Crippen LogP contribution in [0.15, 0.2) is 21.9 Å². The van der Waals surface area contributed by atoms with E-state index in [2.05, 4.69) is 13.1 Å². The van der Waals surface area contributed by atoms with Crippen LogP contribution in [0.4, 0.5) is 0 Å². The smallest absolute Gasteiger partial charge is 0.351 e. The Morgan fingerprint density at radius 3 is 2.25 bits per heavy atom. The van der Waals surface area contributed by atoms with Crippen molar-refractivity contribution in [2.24, 2.45) is 5.73 Å². The molecular weight excluding hydrogens is 451 g/mol. The lowest BCUT2D eigenvalue weighted by Gasteiger charge is -2.23. The predicted molar refractivity (Wildman–Crippen MR) is 89.8 cm³/mol. The van der Waals surface area contributed by atoms with Gasteiger partial charge in [0.2, 0.25) is 0 Å². The summed E-state index contributed by atoms with van der Waals surface area (Å²) >= 11 is 0. The van der Waals surface area contributed by atoms with Gasteiger partial charge in [-0.15, -0.1) is 0 Å². The number of ether oxygens (including phenoxy) is 1. The van der Waals surface area contributed by atoms with Crippen molar-refractivity contribution in [3.05, 3.63) is 33.1 Å². The van der Waals surface area contributed by atoms with E-state index >= 15 is 0 Å². The SMILES string of the molecule is CC(COP(=O)(O)OP(=O)(O)OP(=O)(O)O)O[C@H](CN)n1ccc(=O)[nH]c1=O. The average Bonchev–Trinajstić information content (AvgIpc) is 2.47. The van der Waals surface area contributed by atoms with Gasteiger partial charge in [0.1, 0.15) is 0 Å². The highest BCUT2D eigenvalue weighted by molar-refractivity contribution is 7.66. The number of nitrogens with zero attached hydrogens (tertiary/aromatic N) is 1. The third kappa shape index (κ3) is 9.01. The highest BCUT2D eigenvalue weighted by atomic mass is 31.3. The summed E-state index contributed by atoms with van der Waals surface area (Å²) in [5.41, 5.74) is 3.99. The molecule has 28 heavy (non-hydrogen) atoms. The zero-order chi connectivity index (χ0) is 21.8. The lowest BCUT2D eigenvalue weighted by molar-refractivity contribution is -0.0619. The number of hydrogen-bond acceptors (Lipinski definition) is 10. The highest BCUT2D eigenvalue weighted by Crippen LogP contribution is 2.66. The van der Waals surface area contributed by atoms with Gasteiger partial charge in [0, 0.05) is 18.8 Å². The molecular formula is C9H18N3O13P3. The number of aromatic amines is 1. The summed E-state index contributed by atoms with van der Waals surface area (Å²) < 4.78 is 51.1. The van der Waals surface area contributed by atoms with E-state index in [-0.39, 0.29) is 6.54 Å². The molecule has 0 spiro atoms. The van der Waals surface area contributed by atoms with Crippen LogP contribution in [-0.2, 0) is 31.6 Å². The van der Waals surface area contributed by atoms with Crippen molar-refractivity contribution in [1.82, 2.24) is 9.55 Å². The van der Waals surface area contributed by atoms with Crippen LogP contribution in [0.3, 0.4) is 0 Å². The summed E-state index contributed by atoms with van der Waals surface area (Å²) in [5, 5.41) is 0. The number of nitrogens with two attached hydrogens (primary N) is 1. The van der Waals surface area contributed by atoms with E-state index in [0.29, 0.717) is 0 Å². The van der Waals surface area contributed by atoms with Crippen molar-refractivity contribution in [2.75, 3.05) is 13.2 Å². The molecule has 0 amide bonds. The number of phosphoric acid groups is 3. The molecule has 0 aromatic carbocycles. The Morgan fingerprint density at radius 1 is 1.14 bits per heavy atom. The third-order valence-corrected chi connectivity index (χ3v) is 6.44. The molecule has 0 saturated carbocycles. The Bertz CT molecular complexity index is 922. The molecule has 1 aromatic heterocycles. The van der Waals surface area contributed by atoms with Crippen molar-refractivity contribution in [3.63, 3.8) is 0 Å². The molecule has 0 bridgehead atoms. The maximum Gasteiger partial charge on any atom is 0.490 e. The second kappa shape index (κ2) is 9.67. The summed E-state index contributed by atoms with van der Waals surface area (Å²) in [5.74, 6) is 0. The Hall–Kier alpha value is -0.990. The van der Waals surface area contributed by atoms with E-state index in [0.717, 1.165) is 16.8 Å². The fourth-order valence-corrected chi connectivity index (χ4v) is 4.79. The predicted octanol–water partition coefficient (Wildman–Crippen LogP) is -1.26. The second-order valence-corrected chi connectivity index (χ2v) is 9.46. The second-order valence-electron chi connectivity index (χ2n) is 5.04. The number of rotatable bonds is 11. The van der Waals surface area contributed by atoms with Gasteiger partial charge in [0.05, 0.1) is 12.7 Å². The van der Waals surface area contributed by atoms with Crippen LogP contribution in [0.5, 0.6) is 0 Å². The third-order valence-electron chi connectivity index (χ3n) is 2.64. The minimum atomic E-state index is -5.63. The van der Waals surface area contributed by atoms with Crippen LogP contribution < -0.4 is 17.0 Å². The normalized spacial score (nSPS) is 18.8. The highest BCUT2D eigenvalue weighted by Gasteiger charge is 2.40. The summed E-state index contributed by atoms with van der Waals surface area (Å²) in [7, 11) is -16.4. The number of nitrogens with one attached hydrogen (secondary N) is 1. The Morgan fingerprint density at radius 2 is 1.75 bits per heavy atom. The maximum atomic E-state index is 11.7. The molecule has 7 N–H and O–H groups in total. The molecule has 1 rings (SSSR count). The molecule has 0 radical (unpaired) electrons. The van der Waals surface area contributed by atoms with Gasteiger partial charge in [-0.2, -0.15) is 8.62 Å². The number of phosphoric ester groups is 1. The Kier molecular flexibility index (Phi) is 8.65. The molecule has 3 unspecified atom stereocenters. The van der Waals surface area contributed by atoms with Crippen LogP contribution in [-0.4, -0.2) is 48.4 Å². The summed E-state index contributed by atoms with van der Waals surface area (Å²) in [6.07, 6.45) is -1.05. The molecule has 4 atom stereocenters. The van der Waals surface area contributed by atoms with E-state index < -0.39 is 53.7 Å². The lowest BCUT2D eigenvalue weighted by Crippen LogP contribution is -2.37. The van der Waals surface area contributed by atoms with Crippen LogP contribution >= 0.6 is 23.5 Å². The largest absolute Gasteiger partial charge is 0.490 e. The van der Waals surface area contributed by atoms with Crippen LogP contribution in [0, 0.1) is 0 Å². The van der Waals surface area contributed by atoms with Gasteiger partial charge in [-0.25, -0.2) is 18.5 Å². The first-order chi connectivity index (χ1) is 12.6. The van der Waals surface area contributed by atoms with Crippen molar-refractivity contribution in [1.29, 1.82) is 0 Å². The van der Waals surface area contributed by atoms with Crippen LogP contribution in [0.25, 0.3) is 0 Å². The van der Waals surface area contributed by atoms with Gasteiger partial charge in [-0.1, -0.05) is 0 Å². The fourth-order valence-electron chi connectivity index (χ4n) is 1.70. The van der Waals surface area contributed by atoms with Crippen LogP contribution in [0.1, 0.15) is 13.2 Å². The first kappa shape index (κ1) is 25.0. The molecule has 16 nitrogen and oxygen atoms in total. The van der Waals surface area contributed by atoms with E-state index in [4.69, 9.17) is 25.2 Å². The molecule has 0 fully saturated rings. The number of aromatic nitrogens is 2. The zero-order valence-electron chi connectivity index (χ0n) is 14.1. The molecule has 1 aromatic rings. The van der Waals surface area contributed by atoms with E-state index in [1.165, 1.54) is 6.92 Å².